The third-order valence-electron chi connectivity index (χ3n) is 2.73. The first kappa shape index (κ1) is 17.1. The van der Waals surface area contributed by atoms with Gasteiger partial charge in [-0.25, -0.2) is 14.6 Å². The summed E-state index contributed by atoms with van der Waals surface area (Å²) in [6.45, 7) is 7.51. The highest BCUT2D eigenvalue weighted by molar-refractivity contribution is 7.13. The number of esters is 2. The molecule has 23 heavy (non-hydrogen) atoms. The molecule has 0 unspecified atom stereocenters. The van der Waals surface area contributed by atoms with Crippen LogP contribution in [0.25, 0.3) is 10.6 Å². The molecule has 6 heteroatoms. The molecule has 2 aromatic rings. The zero-order chi connectivity index (χ0) is 17.0. The van der Waals surface area contributed by atoms with Gasteiger partial charge in [0.25, 0.3) is 0 Å². The van der Waals surface area contributed by atoms with Crippen LogP contribution >= 0.6 is 11.3 Å². The predicted octanol–water partition coefficient (Wildman–Crippen LogP) is 3.94. The van der Waals surface area contributed by atoms with Crippen molar-refractivity contribution in [2.75, 3.05) is 6.61 Å². The van der Waals surface area contributed by atoms with Crippen molar-refractivity contribution < 1.29 is 19.1 Å². The van der Waals surface area contributed by atoms with Crippen LogP contribution in [0.15, 0.2) is 29.6 Å². The van der Waals surface area contributed by atoms with E-state index in [2.05, 4.69) is 4.98 Å². The minimum atomic E-state index is -0.550. The summed E-state index contributed by atoms with van der Waals surface area (Å²) in [5.74, 6) is -0.834. The number of nitrogens with zero attached hydrogens (tertiary/aromatic N) is 1. The Hall–Kier alpha value is -2.21. The van der Waals surface area contributed by atoms with Crippen LogP contribution in [0.5, 0.6) is 0 Å². The standard InChI is InChI=1S/C17H19NO4S/c1-5-21-16(20)13-10-23-14(18-13)11-7-6-8-12(9-11)15(19)22-17(2,3)4/h6-10H,5H2,1-4H3. The van der Waals surface area contributed by atoms with Gasteiger partial charge in [-0.3, -0.25) is 0 Å². The molecule has 0 radical (unpaired) electrons. The molecule has 0 aliphatic rings. The van der Waals surface area contributed by atoms with Crippen molar-refractivity contribution in [2.24, 2.45) is 0 Å². The Bertz CT molecular complexity index is 715. The Kier molecular flexibility index (Phi) is 5.15. The van der Waals surface area contributed by atoms with Gasteiger partial charge in [0, 0.05) is 10.9 Å². The maximum Gasteiger partial charge on any atom is 0.357 e. The number of hydrogen-bond acceptors (Lipinski definition) is 6. The Balaban J connectivity index is 2.23. The van der Waals surface area contributed by atoms with Crippen LogP contribution < -0.4 is 0 Å². The van der Waals surface area contributed by atoms with Crippen molar-refractivity contribution >= 4 is 23.3 Å². The lowest BCUT2D eigenvalue weighted by atomic mass is 10.1. The van der Waals surface area contributed by atoms with E-state index in [0.29, 0.717) is 17.2 Å². The van der Waals surface area contributed by atoms with E-state index in [9.17, 15) is 9.59 Å². The zero-order valence-electron chi connectivity index (χ0n) is 13.6. The summed E-state index contributed by atoms with van der Waals surface area (Å²) in [5, 5.41) is 2.30. The molecule has 0 amide bonds. The highest BCUT2D eigenvalue weighted by atomic mass is 32.1. The number of thiazole rings is 1. The number of ether oxygens (including phenoxy) is 2. The first-order chi connectivity index (χ1) is 10.8. The van der Waals surface area contributed by atoms with E-state index in [-0.39, 0.29) is 11.7 Å². The first-order valence-electron chi connectivity index (χ1n) is 7.26. The summed E-state index contributed by atoms with van der Waals surface area (Å²) >= 11 is 1.33. The molecule has 1 aromatic heterocycles. The molecule has 122 valence electrons. The maximum absolute atomic E-state index is 12.1. The van der Waals surface area contributed by atoms with Gasteiger partial charge in [-0.15, -0.1) is 11.3 Å². The van der Waals surface area contributed by atoms with Gasteiger partial charge in [0.1, 0.15) is 10.6 Å². The highest BCUT2D eigenvalue weighted by Crippen LogP contribution is 2.25. The molecular formula is C17H19NO4S. The summed E-state index contributed by atoms with van der Waals surface area (Å²) in [6, 6.07) is 7.00. The molecule has 1 heterocycles. The molecule has 0 bridgehead atoms. The van der Waals surface area contributed by atoms with Gasteiger partial charge in [-0.05, 0) is 39.8 Å². The quantitative estimate of drug-likeness (QED) is 0.793. The van der Waals surface area contributed by atoms with Crippen molar-refractivity contribution in [1.29, 1.82) is 0 Å². The van der Waals surface area contributed by atoms with Crippen molar-refractivity contribution in [1.82, 2.24) is 4.98 Å². The summed E-state index contributed by atoms with van der Waals surface area (Å²) in [7, 11) is 0. The summed E-state index contributed by atoms with van der Waals surface area (Å²) in [6.07, 6.45) is 0. The minimum absolute atomic E-state index is 0.273. The second-order valence-corrected chi connectivity index (χ2v) is 6.70. The van der Waals surface area contributed by atoms with Gasteiger partial charge >= 0.3 is 11.9 Å². The van der Waals surface area contributed by atoms with Crippen LogP contribution in [0.4, 0.5) is 0 Å². The van der Waals surface area contributed by atoms with Crippen molar-refractivity contribution in [2.45, 2.75) is 33.3 Å². The van der Waals surface area contributed by atoms with E-state index >= 15 is 0 Å². The molecule has 5 nitrogen and oxygen atoms in total. The molecule has 1 aromatic carbocycles. The summed E-state index contributed by atoms with van der Waals surface area (Å²) in [5.41, 5.74) is 0.930. The van der Waals surface area contributed by atoms with Gasteiger partial charge in [0.2, 0.25) is 0 Å². The van der Waals surface area contributed by atoms with Gasteiger partial charge in [-0.1, -0.05) is 12.1 Å². The van der Waals surface area contributed by atoms with Crippen LogP contribution in [-0.4, -0.2) is 29.1 Å². The number of carbonyl (C=O) groups is 2. The third kappa shape index (κ3) is 4.63. The number of aromatic nitrogens is 1. The van der Waals surface area contributed by atoms with E-state index < -0.39 is 11.6 Å². The molecule has 0 N–H and O–H groups in total. The molecule has 0 atom stereocenters. The minimum Gasteiger partial charge on any atom is -0.461 e. The fraction of sp³-hybridized carbons (Fsp3) is 0.353. The SMILES string of the molecule is CCOC(=O)c1csc(-c2cccc(C(=O)OC(C)(C)C)c2)n1. The van der Waals surface area contributed by atoms with E-state index in [1.807, 2.05) is 26.8 Å². The number of benzene rings is 1. The van der Waals surface area contributed by atoms with Crippen LogP contribution in [0.2, 0.25) is 0 Å². The van der Waals surface area contributed by atoms with Gasteiger partial charge < -0.3 is 9.47 Å². The van der Waals surface area contributed by atoms with Crippen molar-refractivity contribution in [3.05, 3.63) is 40.9 Å². The molecule has 0 aliphatic carbocycles. The lowest BCUT2D eigenvalue weighted by Crippen LogP contribution is -2.23. The second-order valence-electron chi connectivity index (χ2n) is 5.84. The highest BCUT2D eigenvalue weighted by Gasteiger charge is 2.19. The van der Waals surface area contributed by atoms with E-state index in [4.69, 9.17) is 9.47 Å². The smallest absolute Gasteiger partial charge is 0.357 e. The van der Waals surface area contributed by atoms with Crippen LogP contribution in [0.1, 0.15) is 48.5 Å². The Labute approximate surface area is 139 Å². The molecule has 2 rings (SSSR count). The van der Waals surface area contributed by atoms with E-state index in [0.717, 1.165) is 5.56 Å². The topological polar surface area (TPSA) is 65.5 Å². The molecule has 0 saturated carbocycles. The van der Waals surface area contributed by atoms with Gasteiger partial charge in [0.15, 0.2) is 5.69 Å². The summed E-state index contributed by atoms with van der Waals surface area (Å²) < 4.78 is 10.3. The normalized spacial score (nSPS) is 11.1. The van der Waals surface area contributed by atoms with Crippen LogP contribution in [0.3, 0.4) is 0 Å². The number of carbonyl (C=O) groups excluding carboxylic acids is 2. The van der Waals surface area contributed by atoms with Crippen LogP contribution in [0, 0.1) is 0 Å². The lowest BCUT2D eigenvalue weighted by molar-refractivity contribution is 0.00693. The van der Waals surface area contributed by atoms with Gasteiger partial charge in [0.05, 0.1) is 12.2 Å². The fourth-order valence-electron chi connectivity index (χ4n) is 1.82. The number of hydrogen-bond donors (Lipinski definition) is 0. The fourth-order valence-corrected chi connectivity index (χ4v) is 2.61. The maximum atomic E-state index is 12.1. The van der Waals surface area contributed by atoms with Crippen molar-refractivity contribution in [3.8, 4) is 10.6 Å². The largest absolute Gasteiger partial charge is 0.461 e. The first-order valence-corrected chi connectivity index (χ1v) is 8.14. The average Bonchev–Trinajstić information content (AvgIpc) is 2.96. The van der Waals surface area contributed by atoms with Gasteiger partial charge in [-0.2, -0.15) is 0 Å². The summed E-state index contributed by atoms with van der Waals surface area (Å²) in [4.78, 5) is 28.1. The molecule has 0 aliphatic heterocycles. The number of rotatable bonds is 4. The average molecular weight is 333 g/mol. The van der Waals surface area contributed by atoms with Crippen LogP contribution in [-0.2, 0) is 9.47 Å². The Morgan fingerprint density at radius 1 is 1.22 bits per heavy atom. The predicted molar refractivity (Wildman–Crippen MR) is 88.7 cm³/mol. The monoisotopic (exact) mass is 333 g/mol. The molecule has 0 spiro atoms. The van der Waals surface area contributed by atoms with Crippen molar-refractivity contribution in [3.63, 3.8) is 0 Å². The van der Waals surface area contributed by atoms with E-state index in [1.54, 1.807) is 30.5 Å². The zero-order valence-corrected chi connectivity index (χ0v) is 14.4. The molecule has 0 saturated heterocycles. The Morgan fingerprint density at radius 2 is 1.96 bits per heavy atom. The second kappa shape index (κ2) is 6.91. The molecule has 0 fully saturated rings. The third-order valence-corrected chi connectivity index (χ3v) is 3.62. The lowest BCUT2D eigenvalue weighted by Gasteiger charge is -2.19. The Morgan fingerprint density at radius 3 is 2.61 bits per heavy atom. The molecular weight excluding hydrogens is 314 g/mol. The van der Waals surface area contributed by atoms with E-state index in [1.165, 1.54) is 11.3 Å².